The van der Waals surface area contributed by atoms with E-state index >= 15 is 0 Å². The smallest absolute Gasteiger partial charge is 0.407 e. The van der Waals surface area contributed by atoms with Crippen LogP contribution >= 0.6 is 0 Å². The highest BCUT2D eigenvalue weighted by atomic mass is 16.7. The number of unbranched alkanes of at least 4 members (excludes halogenated alkanes) is 2. The molecule has 0 spiro atoms. The highest BCUT2D eigenvalue weighted by Crippen LogP contribution is 2.30. The lowest BCUT2D eigenvalue weighted by atomic mass is 9.95. The van der Waals surface area contributed by atoms with Gasteiger partial charge in [-0.25, -0.2) is 4.79 Å². The molecule has 0 saturated carbocycles. The largest absolute Gasteiger partial charge is 0.450 e. The van der Waals surface area contributed by atoms with Crippen LogP contribution in [0.2, 0.25) is 0 Å². The van der Waals surface area contributed by atoms with Gasteiger partial charge in [0.15, 0.2) is 12.6 Å². The molecule has 2 fully saturated rings. The van der Waals surface area contributed by atoms with Gasteiger partial charge in [0.1, 0.15) is 48.8 Å². The molecule has 2 aliphatic heterocycles. The minimum Gasteiger partial charge on any atom is -0.450 e. The highest BCUT2D eigenvalue weighted by Gasteiger charge is 2.51. The van der Waals surface area contributed by atoms with Crippen molar-refractivity contribution < 1.29 is 59.1 Å². The van der Waals surface area contributed by atoms with Crippen molar-refractivity contribution in [1.29, 1.82) is 0 Å². The molecule has 200 valence electrons. The Balaban J connectivity index is 2.26. The topological polar surface area (TPSA) is 197 Å². The van der Waals surface area contributed by atoms with Crippen LogP contribution < -0.4 is 5.32 Å². The van der Waals surface area contributed by atoms with E-state index in [0.717, 1.165) is 12.8 Å². The number of hydrogen-bond acceptors (Lipinski definition) is 12. The van der Waals surface area contributed by atoms with Crippen LogP contribution in [-0.2, 0) is 23.7 Å². The number of carbonyl (C=O) groups excluding carboxylic acids is 1. The molecular weight excluding hydrogens is 458 g/mol. The second-order valence-electron chi connectivity index (χ2n) is 8.40. The highest BCUT2D eigenvalue weighted by molar-refractivity contribution is 5.67. The molecule has 10 atom stereocenters. The molecule has 0 aromatic carbocycles. The molecule has 0 aromatic heterocycles. The molecular formula is C21H39NO12. The van der Waals surface area contributed by atoms with E-state index in [1.165, 1.54) is 0 Å². The van der Waals surface area contributed by atoms with E-state index in [2.05, 4.69) is 5.32 Å². The van der Waals surface area contributed by atoms with Crippen LogP contribution in [0.3, 0.4) is 0 Å². The van der Waals surface area contributed by atoms with E-state index in [1.54, 1.807) is 0 Å². The SMILES string of the molecule is CCCCOC(=O)NC1[C@@H](OCCCC)OC(CO)[C@@H](O)[C@@H]1O[C@@H]1OC(CO)[C@H](O)C(O)[C@@H]1O. The summed E-state index contributed by atoms with van der Waals surface area (Å²) in [6.45, 7) is 3.04. The summed E-state index contributed by atoms with van der Waals surface area (Å²) in [5.41, 5.74) is 0. The van der Waals surface area contributed by atoms with Crippen LogP contribution in [0.1, 0.15) is 39.5 Å². The number of amides is 1. The lowest BCUT2D eigenvalue weighted by molar-refractivity contribution is -0.344. The summed E-state index contributed by atoms with van der Waals surface area (Å²) in [6.07, 6.45) is -10.9. The molecule has 4 unspecified atom stereocenters. The summed E-state index contributed by atoms with van der Waals surface area (Å²) in [5, 5.41) is 62.9. The second-order valence-corrected chi connectivity index (χ2v) is 8.40. The molecule has 0 bridgehead atoms. The summed E-state index contributed by atoms with van der Waals surface area (Å²) < 4.78 is 27.7. The first-order chi connectivity index (χ1) is 16.3. The lowest BCUT2D eigenvalue weighted by Crippen LogP contribution is -2.68. The maximum absolute atomic E-state index is 12.4. The number of hydrogen-bond donors (Lipinski definition) is 7. The third-order valence-corrected chi connectivity index (χ3v) is 5.79. The monoisotopic (exact) mass is 497 g/mol. The summed E-state index contributed by atoms with van der Waals surface area (Å²) in [7, 11) is 0. The first-order valence-electron chi connectivity index (χ1n) is 11.7. The van der Waals surface area contributed by atoms with Gasteiger partial charge in [0.25, 0.3) is 0 Å². The lowest BCUT2D eigenvalue weighted by Gasteiger charge is -2.47. The quantitative estimate of drug-likeness (QED) is 0.146. The third kappa shape index (κ3) is 7.43. The van der Waals surface area contributed by atoms with Gasteiger partial charge < -0.3 is 59.6 Å². The summed E-state index contributed by atoms with van der Waals surface area (Å²) in [4.78, 5) is 12.4. The molecule has 13 heteroatoms. The van der Waals surface area contributed by atoms with Gasteiger partial charge in [-0.05, 0) is 12.8 Å². The minimum atomic E-state index is -1.74. The Labute approximate surface area is 198 Å². The van der Waals surface area contributed by atoms with Gasteiger partial charge in [-0.15, -0.1) is 0 Å². The molecule has 0 radical (unpaired) electrons. The predicted octanol–water partition coefficient (Wildman–Crippen LogP) is -2.04. The Bertz CT molecular complexity index is 596. The van der Waals surface area contributed by atoms with Gasteiger partial charge in [0, 0.05) is 6.61 Å². The van der Waals surface area contributed by atoms with Gasteiger partial charge in [-0.2, -0.15) is 0 Å². The molecule has 1 amide bonds. The first-order valence-corrected chi connectivity index (χ1v) is 11.7. The average molecular weight is 498 g/mol. The minimum absolute atomic E-state index is 0.164. The maximum Gasteiger partial charge on any atom is 0.407 e. The number of carbonyl (C=O) groups is 1. The molecule has 0 aliphatic carbocycles. The number of ether oxygens (including phenoxy) is 5. The Morgan fingerprint density at radius 1 is 0.824 bits per heavy atom. The Hall–Kier alpha value is -1.13. The number of nitrogens with one attached hydrogen (secondary N) is 1. The van der Waals surface area contributed by atoms with E-state index in [0.29, 0.717) is 12.8 Å². The predicted molar refractivity (Wildman–Crippen MR) is 114 cm³/mol. The zero-order valence-corrected chi connectivity index (χ0v) is 19.6. The fourth-order valence-electron chi connectivity index (χ4n) is 3.69. The fraction of sp³-hybridized carbons (Fsp3) is 0.952. The second kappa shape index (κ2) is 14.4. The zero-order chi connectivity index (χ0) is 25.3. The van der Waals surface area contributed by atoms with Crippen molar-refractivity contribution in [2.45, 2.75) is 101 Å². The van der Waals surface area contributed by atoms with Crippen molar-refractivity contribution in [3.05, 3.63) is 0 Å². The first kappa shape index (κ1) is 29.1. The van der Waals surface area contributed by atoms with Crippen LogP contribution in [0, 0.1) is 0 Å². The van der Waals surface area contributed by atoms with Gasteiger partial charge in [-0.1, -0.05) is 26.7 Å². The number of aliphatic hydroxyl groups excluding tert-OH is 6. The molecule has 2 rings (SSSR count). The van der Waals surface area contributed by atoms with E-state index in [9.17, 15) is 35.4 Å². The van der Waals surface area contributed by atoms with Crippen LogP contribution in [0.25, 0.3) is 0 Å². The van der Waals surface area contributed by atoms with Crippen molar-refractivity contribution in [2.24, 2.45) is 0 Å². The van der Waals surface area contributed by atoms with E-state index in [4.69, 9.17) is 23.7 Å². The summed E-state index contributed by atoms with van der Waals surface area (Å²) >= 11 is 0. The molecule has 13 nitrogen and oxygen atoms in total. The zero-order valence-electron chi connectivity index (χ0n) is 19.6. The maximum atomic E-state index is 12.4. The van der Waals surface area contributed by atoms with Crippen molar-refractivity contribution in [1.82, 2.24) is 5.32 Å². The fourth-order valence-corrected chi connectivity index (χ4v) is 3.69. The Kier molecular flexibility index (Phi) is 12.4. The summed E-state index contributed by atoms with van der Waals surface area (Å²) in [5.74, 6) is 0. The molecule has 7 N–H and O–H groups in total. The van der Waals surface area contributed by atoms with E-state index in [1.807, 2.05) is 13.8 Å². The molecule has 2 heterocycles. The third-order valence-electron chi connectivity index (χ3n) is 5.79. The van der Waals surface area contributed by atoms with E-state index < -0.39 is 80.7 Å². The molecule has 0 aromatic rings. The van der Waals surface area contributed by atoms with Crippen molar-refractivity contribution in [3.8, 4) is 0 Å². The number of alkyl carbamates (subject to hydrolysis) is 1. The van der Waals surface area contributed by atoms with E-state index in [-0.39, 0.29) is 13.2 Å². The van der Waals surface area contributed by atoms with Crippen molar-refractivity contribution >= 4 is 6.09 Å². The van der Waals surface area contributed by atoms with Gasteiger partial charge >= 0.3 is 6.09 Å². The van der Waals surface area contributed by atoms with Crippen molar-refractivity contribution in [2.75, 3.05) is 26.4 Å². The van der Waals surface area contributed by atoms with Crippen LogP contribution in [0.4, 0.5) is 4.79 Å². The molecule has 2 saturated heterocycles. The average Bonchev–Trinajstić information content (AvgIpc) is 2.82. The van der Waals surface area contributed by atoms with Gasteiger partial charge in [0.2, 0.25) is 0 Å². The summed E-state index contributed by atoms with van der Waals surface area (Å²) in [6, 6.07) is -1.16. The standard InChI is InChI=1S/C21H39NO12/c1-3-5-7-30-19-13(22-21(29)31-8-6-4-2)18(15(26)12(10-24)32-19)34-20-17(28)16(27)14(25)11(9-23)33-20/h11-20,23-28H,3-10H2,1-2H3,(H,22,29)/t11?,12?,13?,14-,15+,16?,17-,18+,19-,20-/m0/s1. The van der Waals surface area contributed by atoms with Crippen LogP contribution in [-0.4, -0.2) is 125 Å². The van der Waals surface area contributed by atoms with Crippen LogP contribution in [0.15, 0.2) is 0 Å². The Morgan fingerprint density at radius 3 is 2.03 bits per heavy atom. The number of rotatable bonds is 12. The molecule has 34 heavy (non-hydrogen) atoms. The van der Waals surface area contributed by atoms with Crippen molar-refractivity contribution in [3.63, 3.8) is 0 Å². The Morgan fingerprint density at radius 2 is 1.41 bits per heavy atom. The number of aliphatic hydroxyl groups is 6. The van der Waals surface area contributed by atoms with Crippen LogP contribution in [0.5, 0.6) is 0 Å². The molecule has 2 aliphatic rings. The van der Waals surface area contributed by atoms with Gasteiger partial charge in [-0.3, -0.25) is 0 Å². The normalized spacial score (nSPS) is 38.5. The van der Waals surface area contributed by atoms with Gasteiger partial charge in [0.05, 0.1) is 19.8 Å².